The van der Waals surface area contributed by atoms with E-state index in [9.17, 15) is 22.4 Å². The van der Waals surface area contributed by atoms with Gasteiger partial charge in [-0.05, 0) is 29.8 Å². The van der Waals surface area contributed by atoms with Crippen molar-refractivity contribution < 1.29 is 22.4 Å². The van der Waals surface area contributed by atoms with Crippen LogP contribution >= 0.6 is 11.8 Å². The Kier molecular flexibility index (Phi) is 3.82. The summed E-state index contributed by atoms with van der Waals surface area (Å²) in [5.74, 6) is -4.37. The molecule has 0 aromatic heterocycles. The van der Waals surface area contributed by atoms with Gasteiger partial charge in [-0.15, -0.1) is 11.8 Å². The smallest absolute Gasteiger partial charge is 0.238 e. The largest absolute Gasteiger partial charge is 0.290 e. The molecule has 0 bridgehead atoms. The van der Waals surface area contributed by atoms with Gasteiger partial charge >= 0.3 is 0 Å². The molecule has 0 aliphatic carbocycles. The second-order valence-electron chi connectivity index (χ2n) is 4.67. The first-order valence-electron chi connectivity index (χ1n) is 6.31. The van der Waals surface area contributed by atoms with E-state index in [-0.39, 0.29) is 11.3 Å². The molecule has 2 aromatic carbocycles. The average molecular weight is 327 g/mol. The van der Waals surface area contributed by atoms with Crippen molar-refractivity contribution >= 4 is 23.4 Å². The Hall–Kier alpha value is -2.02. The third-order valence-electron chi connectivity index (χ3n) is 3.28. The number of carbonyl (C=O) groups excluding carboxylic acids is 1. The van der Waals surface area contributed by atoms with Crippen LogP contribution in [-0.4, -0.2) is 11.7 Å². The average Bonchev–Trinajstić information content (AvgIpc) is 2.84. The lowest BCUT2D eigenvalue weighted by Gasteiger charge is -2.25. The van der Waals surface area contributed by atoms with E-state index in [4.69, 9.17) is 0 Å². The second kappa shape index (κ2) is 5.64. The zero-order valence-corrected chi connectivity index (χ0v) is 11.8. The molecule has 1 amide bonds. The lowest BCUT2D eigenvalue weighted by molar-refractivity contribution is -0.115. The second-order valence-corrected chi connectivity index (χ2v) is 5.74. The zero-order valence-electron chi connectivity index (χ0n) is 11.0. The van der Waals surface area contributed by atoms with Gasteiger partial charge < -0.3 is 0 Å². The molecule has 0 saturated carbocycles. The fourth-order valence-electron chi connectivity index (χ4n) is 2.30. The fourth-order valence-corrected chi connectivity index (χ4v) is 3.45. The third kappa shape index (κ3) is 2.45. The molecular formula is C15H9F4NOS. The van der Waals surface area contributed by atoms with Crippen molar-refractivity contribution in [2.24, 2.45) is 0 Å². The summed E-state index contributed by atoms with van der Waals surface area (Å²) in [5.41, 5.74) is -0.218. The summed E-state index contributed by atoms with van der Waals surface area (Å²) < 4.78 is 54.3. The maximum atomic E-state index is 13.9. The van der Waals surface area contributed by atoms with E-state index in [1.807, 2.05) is 0 Å². The van der Waals surface area contributed by atoms with E-state index in [1.54, 1.807) is 0 Å². The maximum absolute atomic E-state index is 13.9. The monoisotopic (exact) mass is 327 g/mol. The van der Waals surface area contributed by atoms with Crippen molar-refractivity contribution in [1.82, 2.24) is 0 Å². The van der Waals surface area contributed by atoms with E-state index >= 15 is 0 Å². The van der Waals surface area contributed by atoms with E-state index in [0.717, 1.165) is 40.9 Å². The Labute approximate surface area is 127 Å². The molecule has 1 aliphatic heterocycles. The van der Waals surface area contributed by atoms with Gasteiger partial charge in [0.2, 0.25) is 5.91 Å². The van der Waals surface area contributed by atoms with E-state index in [1.165, 1.54) is 12.1 Å². The van der Waals surface area contributed by atoms with Gasteiger partial charge in [-0.2, -0.15) is 0 Å². The summed E-state index contributed by atoms with van der Waals surface area (Å²) in [6, 6.07) is 6.41. The number of anilines is 1. The Morgan fingerprint density at radius 3 is 2.27 bits per heavy atom. The Morgan fingerprint density at radius 1 is 0.955 bits per heavy atom. The van der Waals surface area contributed by atoms with Gasteiger partial charge in [0, 0.05) is 0 Å². The molecule has 22 heavy (non-hydrogen) atoms. The lowest BCUT2D eigenvalue weighted by atomic mass is 10.1. The van der Waals surface area contributed by atoms with Gasteiger partial charge in [0.1, 0.15) is 22.7 Å². The van der Waals surface area contributed by atoms with E-state index < -0.39 is 40.2 Å². The molecule has 2 nitrogen and oxygen atoms in total. The molecule has 2 aromatic rings. The standard InChI is InChI=1S/C15H9F4NOS/c16-9-5-4-8(6-12(9)19)15-20(13(21)7-22-15)14-10(17)2-1-3-11(14)18/h1-6,15H,7H2/t15-/m0/s1. The number of para-hydroxylation sites is 1. The molecule has 0 radical (unpaired) electrons. The number of amides is 1. The molecule has 1 fully saturated rings. The van der Waals surface area contributed by atoms with Crippen LogP contribution in [0.1, 0.15) is 10.9 Å². The van der Waals surface area contributed by atoms with Crippen LogP contribution in [0.5, 0.6) is 0 Å². The third-order valence-corrected chi connectivity index (χ3v) is 4.49. The highest BCUT2D eigenvalue weighted by atomic mass is 32.2. The number of hydrogen-bond acceptors (Lipinski definition) is 2. The number of carbonyl (C=O) groups is 1. The minimum Gasteiger partial charge on any atom is -0.290 e. The van der Waals surface area contributed by atoms with E-state index in [2.05, 4.69) is 0 Å². The summed E-state index contributed by atoms with van der Waals surface area (Å²) in [4.78, 5) is 13.0. The predicted octanol–water partition coefficient (Wildman–Crippen LogP) is 4.02. The fraction of sp³-hybridized carbons (Fsp3) is 0.133. The van der Waals surface area contributed by atoms with Crippen molar-refractivity contribution in [2.45, 2.75) is 5.37 Å². The summed E-state index contributed by atoms with van der Waals surface area (Å²) in [5, 5.41) is -0.811. The Balaban J connectivity index is 2.08. The zero-order chi connectivity index (χ0) is 15.9. The quantitative estimate of drug-likeness (QED) is 0.777. The highest BCUT2D eigenvalue weighted by molar-refractivity contribution is 8.00. The van der Waals surface area contributed by atoms with Crippen LogP contribution in [0.2, 0.25) is 0 Å². The number of rotatable bonds is 2. The van der Waals surface area contributed by atoms with E-state index in [0.29, 0.717) is 0 Å². The number of nitrogens with zero attached hydrogens (tertiary/aromatic N) is 1. The summed E-state index contributed by atoms with van der Waals surface area (Å²) >= 11 is 1.09. The van der Waals surface area contributed by atoms with Crippen LogP contribution in [0.25, 0.3) is 0 Å². The molecule has 3 rings (SSSR count). The molecule has 0 N–H and O–H groups in total. The topological polar surface area (TPSA) is 20.3 Å². The van der Waals surface area contributed by atoms with Crippen molar-refractivity contribution in [3.8, 4) is 0 Å². The van der Waals surface area contributed by atoms with Gasteiger partial charge in [-0.1, -0.05) is 12.1 Å². The van der Waals surface area contributed by atoms with Crippen LogP contribution in [-0.2, 0) is 4.79 Å². The molecule has 0 unspecified atom stereocenters. The lowest BCUT2D eigenvalue weighted by Crippen LogP contribution is -2.29. The Morgan fingerprint density at radius 2 is 1.64 bits per heavy atom. The van der Waals surface area contributed by atoms with Crippen LogP contribution in [0.3, 0.4) is 0 Å². The van der Waals surface area contributed by atoms with Crippen LogP contribution in [0, 0.1) is 23.3 Å². The van der Waals surface area contributed by atoms with Gasteiger partial charge in [0.05, 0.1) is 5.75 Å². The highest BCUT2D eigenvalue weighted by Crippen LogP contribution is 2.43. The highest BCUT2D eigenvalue weighted by Gasteiger charge is 2.37. The number of thioether (sulfide) groups is 1. The van der Waals surface area contributed by atoms with Gasteiger partial charge in [-0.25, -0.2) is 17.6 Å². The van der Waals surface area contributed by atoms with Crippen molar-refractivity contribution in [2.75, 3.05) is 10.7 Å². The number of halogens is 4. The number of hydrogen-bond donors (Lipinski definition) is 0. The predicted molar refractivity (Wildman–Crippen MR) is 75.4 cm³/mol. The van der Waals surface area contributed by atoms with Crippen molar-refractivity contribution in [3.63, 3.8) is 0 Å². The maximum Gasteiger partial charge on any atom is 0.238 e. The molecule has 7 heteroatoms. The first-order chi connectivity index (χ1) is 10.5. The normalized spacial score (nSPS) is 18.1. The van der Waals surface area contributed by atoms with Crippen molar-refractivity contribution in [3.05, 3.63) is 65.2 Å². The van der Waals surface area contributed by atoms with Crippen LogP contribution in [0.15, 0.2) is 36.4 Å². The number of benzene rings is 2. The molecule has 1 atom stereocenters. The van der Waals surface area contributed by atoms with Gasteiger partial charge in [0.15, 0.2) is 11.6 Å². The summed E-state index contributed by atoms with van der Waals surface area (Å²) in [6.07, 6.45) is 0. The van der Waals surface area contributed by atoms with Crippen LogP contribution in [0.4, 0.5) is 23.2 Å². The van der Waals surface area contributed by atoms with Gasteiger partial charge in [-0.3, -0.25) is 9.69 Å². The molecule has 114 valence electrons. The molecular weight excluding hydrogens is 318 g/mol. The molecule has 0 spiro atoms. The van der Waals surface area contributed by atoms with Crippen molar-refractivity contribution in [1.29, 1.82) is 0 Å². The first-order valence-corrected chi connectivity index (χ1v) is 7.36. The molecule has 1 aliphatic rings. The molecule has 1 saturated heterocycles. The Bertz CT molecular complexity index is 732. The first kappa shape index (κ1) is 14.9. The summed E-state index contributed by atoms with van der Waals surface area (Å²) in [6.45, 7) is 0. The minimum absolute atomic E-state index is 0.00254. The van der Waals surface area contributed by atoms with Gasteiger partial charge in [0.25, 0.3) is 0 Å². The SMILES string of the molecule is O=C1CS[C@@H](c2ccc(F)c(F)c2)N1c1c(F)cccc1F. The molecule has 1 heterocycles. The summed E-state index contributed by atoms with van der Waals surface area (Å²) in [7, 11) is 0. The van der Waals surface area contributed by atoms with Crippen LogP contribution < -0.4 is 4.90 Å². The minimum atomic E-state index is -1.08.